The maximum Gasteiger partial charge on any atom is 0.119 e. The summed E-state index contributed by atoms with van der Waals surface area (Å²) < 4.78 is 5.27. The molecule has 0 saturated heterocycles. The molecule has 0 atom stereocenters. The summed E-state index contributed by atoms with van der Waals surface area (Å²) in [6.07, 6.45) is 2.66. The van der Waals surface area contributed by atoms with Crippen LogP contribution in [0.4, 0.5) is 5.69 Å². The van der Waals surface area contributed by atoms with E-state index in [1.54, 1.807) is 7.11 Å². The van der Waals surface area contributed by atoms with Crippen LogP contribution in [0.15, 0.2) is 18.2 Å². The van der Waals surface area contributed by atoms with Crippen LogP contribution in [-0.2, 0) is 6.54 Å². The first-order chi connectivity index (χ1) is 8.60. The number of rotatable bonds is 6. The lowest BCUT2D eigenvalue weighted by atomic mass is 10.1. The fraction of sp³-hybridized carbons (Fsp3) is 0.600. The van der Waals surface area contributed by atoms with Crippen molar-refractivity contribution in [3.05, 3.63) is 23.8 Å². The summed E-state index contributed by atoms with van der Waals surface area (Å²) >= 11 is 0. The zero-order valence-corrected chi connectivity index (χ0v) is 11.6. The minimum absolute atomic E-state index is 0.692. The van der Waals surface area contributed by atoms with Gasteiger partial charge in [-0.1, -0.05) is 13.8 Å². The molecule has 0 unspecified atom stereocenters. The molecule has 2 rings (SSSR count). The second-order valence-electron chi connectivity index (χ2n) is 5.62. The van der Waals surface area contributed by atoms with E-state index in [0.29, 0.717) is 5.92 Å². The zero-order valence-electron chi connectivity index (χ0n) is 11.6. The van der Waals surface area contributed by atoms with Crippen molar-refractivity contribution < 1.29 is 4.74 Å². The first-order valence-corrected chi connectivity index (χ1v) is 6.76. The van der Waals surface area contributed by atoms with E-state index >= 15 is 0 Å². The van der Waals surface area contributed by atoms with Crippen LogP contribution < -0.4 is 10.5 Å². The van der Waals surface area contributed by atoms with Gasteiger partial charge in [0.25, 0.3) is 0 Å². The summed E-state index contributed by atoms with van der Waals surface area (Å²) in [6.45, 7) is 6.61. The third-order valence-corrected chi connectivity index (χ3v) is 3.39. The number of nitrogens with two attached hydrogens (primary N) is 1. The van der Waals surface area contributed by atoms with Crippen LogP contribution in [0.5, 0.6) is 5.75 Å². The molecule has 1 aliphatic carbocycles. The lowest BCUT2D eigenvalue weighted by Crippen LogP contribution is -2.29. The van der Waals surface area contributed by atoms with Gasteiger partial charge in [-0.25, -0.2) is 0 Å². The molecule has 100 valence electrons. The van der Waals surface area contributed by atoms with Crippen molar-refractivity contribution in [3.63, 3.8) is 0 Å². The molecule has 0 amide bonds. The average molecular weight is 248 g/mol. The molecule has 1 saturated carbocycles. The van der Waals surface area contributed by atoms with E-state index in [0.717, 1.165) is 30.6 Å². The summed E-state index contributed by atoms with van der Waals surface area (Å²) in [5.74, 6) is 1.58. The molecule has 0 radical (unpaired) electrons. The highest BCUT2D eigenvalue weighted by atomic mass is 16.5. The molecule has 3 nitrogen and oxygen atoms in total. The molecule has 0 aliphatic heterocycles. The van der Waals surface area contributed by atoms with Crippen molar-refractivity contribution in [2.24, 2.45) is 5.92 Å². The minimum atomic E-state index is 0.692. The van der Waals surface area contributed by atoms with E-state index in [4.69, 9.17) is 10.5 Å². The molecule has 0 aromatic heterocycles. The SMILES string of the molecule is COc1ccc(N)c(CN(CC(C)C)C2CC2)c1. The summed E-state index contributed by atoms with van der Waals surface area (Å²) in [5.41, 5.74) is 8.11. The Balaban J connectivity index is 2.09. The summed E-state index contributed by atoms with van der Waals surface area (Å²) in [6, 6.07) is 6.68. The van der Waals surface area contributed by atoms with Crippen LogP contribution in [0.3, 0.4) is 0 Å². The number of hydrogen-bond donors (Lipinski definition) is 1. The smallest absolute Gasteiger partial charge is 0.119 e. The van der Waals surface area contributed by atoms with Crippen molar-refractivity contribution in [1.29, 1.82) is 0 Å². The Kier molecular flexibility index (Phi) is 4.12. The van der Waals surface area contributed by atoms with Gasteiger partial charge in [-0.05, 0) is 42.5 Å². The molecule has 1 aromatic carbocycles. The van der Waals surface area contributed by atoms with Gasteiger partial charge in [0.15, 0.2) is 0 Å². The number of benzene rings is 1. The lowest BCUT2D eigenvalue weighted by Gasteiger charge is -2.25. The van der Waals surface area contributed by atoms with Crippen molar-refractivity contribution >= 4 is 5.69 Å². The van der Waals surface area contributed by atoms with Crippen molar-refractivity contribution in [3.8, 4) is 5.75 Å². The van der Waals surface area contributed by atoms with Gasteiger partial charge in [-0.15, -0.1) is 0 Å². The Hall–Kier alpha value is -1.22. The van der Waals surface area contributed by atoms with E-state index < -0.39 is 0 Å². The van der Waals surface area contributed by atoms with E-state index in [1.807, 2.05) is 12.1 Å². The first kappa shape index (κ1) is 13.2. The molecule has 0 bridgehead atoms. The van der Waals surface area contributed by atoms with Gasteiger partial charge in [-0.3, -0.25) is 4.90 Å². The van der Waals surface area contributed by atoms with Crippen molar-refractivity contribution in [1.82, 2.24) is 4.90 Å². The number of ether oxygens (including phenoxy) is 1. The van der Waals surface area contributed by atoms with Gasteiger partial charge in [0.2, 0.25) is 0 Å². The molecule has 1 aromatic rings. The van der Waals surface area contributed by atoms with E-state index in [-0.39, 0.29) is 0 Å². The third kappa shape index (κ3) is 3.39. The van der Waals surface area contributed by atoms with E-state index in [9.17, 15) is 0 Å². The Morgan fingerprint density at radius 2 is 2.11 bits per heavy atom. The van der Waals surface area contributed by atoms with Crippen LogP contribution in [0.1, 0.15) is 32.3 Å². The van der Waals surface area contributed by atoms with Gasteiger partial charge < -0.3 is 10.5 Å². The largest absolute Gasteiger partial charge is 0.497 e. The molecule has 0 spiro atoms. The van der Waals surface area contributed by atoms with Gasteiger partial charge >= 0.3 is 0 Å². The number of nitrogen functional groups attached to an aromatic ring is 1. The Morgan fingerprint density at radius 3 is 2.67 bits per heavy atom. The summed E-state index contributed by atoms with van der Waals surface area (Å²) in [4.78, 5) is 2.55. The van der Waals surface area contributed by atoms with Gasteiger partial charge in [0.05, 0.1) is 7.11 Å². The average Bonchev–Trinajstić information content (AvgIpc) is 3.14. The predicted octanol–water partition coefficient (Wildman–Crippen LogP) is 2.90. The van der Waals surface area contributed by atoms with Gasteiger partial charge in [-0.2, -0.15) is 0 Å². The molecule has 2 N–H and O–H groups in total. The Labute approximate surface area is 110 Å². The number of methoxy groups -OCH3 is 1. The monoisotopic (exact) mass is 248 g/mol. The highest BCUT2D eigenvalue weighted by Crippen LogP contribution is 2.30. The Morgan fingerprint density at radius 1 is 1.39 bits per heavy atom. The zero-order chi connectivity index (χ0) is 13.1. The first-order valence-electron chi connectivity index (χ1n) is 6.76. The second kappa shape index (κ2) is 5.61. The molecule has 1 aliphatic rings. The van der Waals surface area contributed by atoms with Crippen LogP contribution >= 0.6 is 0 Å². The molecule has 18 heavy (non-hydrogen) atoms. The van der Waals surface area contributed by atoms with Crippen LogP contribution in [0, 0.1) is 5.92 Å². The van der Waals surface area contributed by atoms with Gasteiger partial charge in [0.1, 0.15) is 5.75 Å². The van der Waals surface area contributed by atoms with Gasteiger partial charge in [0, 0.05) is 24.8 Å². The quantitative estimate of drug-likeness (QED) is 0.787. The third-order valence-electron chi connectivity index (χ3n) is 3.39. The molecule has 3 heteroatoms. The normalized spacial score (nSPS) is 15.4. The Bertz CT molecular complexity index is 399. The number of hydrogen-bond acceptors (Lipinski definition) is 3. The maximum absolute atomic E-state index is 6.06. The summed E-state index contributed by atoms with van der Waals surface area (Å²) in [5, 5.41) is 0. The van der Waals surface area contributed by atoms with Crippen LogP contribution in [0.25, 0.3) is 0 Å². The standard InChI is InChI=1S/C15H24N2O/c1-11(2)9-17(13-4-5-13)10-12-8-14(18-3)6-7-15(12)16/h6-8,11,13H,4-5,9-10,16H2,1-3H3. The van der Waals surface area contributed by atoms with E-state index in [2.05, 4.69) is 24.8 Å². The lowest BCUT2D eigenvalue weighted by molar-refractivity contribution is 0.226. The second-order valence-corrected chi connectivity index (χ2v) is 5.62. The summed E-state index contributed by atoms with van der Waals surface area (Å²) in [7, 11) is 1.70. The highest BCUT2D eigenvalue weighted by Gasteiger charge is 2.29. The topological polar surface area (TPSA) is 38.5 Å². The minimum Gasteiger partial charge on any atom is -0.497 e. The molecule has 0 heterocycles. The molecule has 1 fully saturated rings. The highest BCUT2D eigenvalue weighted by molar-refractivity contribution is 5.50. The van der Waals surface area contributed by atoms with Crippen molar-refractivity contribution in [2.75, 3.05) is 19.4 Å². The number of anilines is 1. The fourth-order valence-electron chi connectivity index (χ4n) is 2.32. The predicted molar refractivity (Wildman–Crippen MR) is 75.7 cm³/mol. The number of nitrogens with zero attached hydrogens (tertiary/aromatic N) is 1. The van der Waals surface area contributed by atoms with Crippen molar-refractivity contribution in [2.45, 2.75) is 39.3 Å². The van der Waals surface area contributed by atoms with E-state index in [1.165, 1.54) is 18.4 Å². The molecular formula is C15H24N2O. The van der Waals surface area contributed by atoms with Crippen LogP contribution in [0.2, 0.25) is 0 Å². The molecular weight excluding hydrogens is 224 g/mol. The van der Waals surface area contributed by atoms with Crippen LogP contribution in [-0.4, -0.2) is 24.6 Å². The maximum atomic E-state index is 6.06. The fourth-order valence-corrected chi connectivity index (χ4v) is 2.32.